The SMILES string of the molecule is O=C(NC(C1CC1)C1CC1)c1ccncc1C#CCO. The van der Waals surface area contributed by atoms with Crippen molar-refractivity contribution in [2.75, 3.05) is 6.61 Å². The molecule has 0 radical (unpaired) electrons. The Kier molecular flexibility index (Phi) is 3.70. The van der Waals surface area contributed by atoms with E-state index in [1.165, 1.54) is 25.7 Å². The number of aliphatic hydroxyl groups is 1. The fourth-order valence-corrected chi connectivity index (χ4v) is 2.59. The highest BCUT2D eigenvalue weighted by molar-refractivity contribution is 5.96. The molecule has 2 saturated carbocycles. The van der Waals surface area contributed by atoms with Gasteiger partial charge in [-0.15, -0.1) is 0 Å². The van der Waals surface area contributed by atoms with Crippen LogP contribution in [0.1, 0.15) is 41.6 Å². The van der Waals surface area contributed by atoms with Crippen LogP contribution in [0.5, 0.6) is 0 Å². The lowest BCUT2D eigenvalue weighted by Gasteiger charge is -2.18. The van der Waals surface area contributed by atoms with Crippen molar-refractivity contribution in [3.63, 3.8) is 0 Å². The number of hydrogen-bond donors (Lipinski definition) is 2. The molecular formula is C16H18N2O2. The highest BCUT2D eigenvalue weighted by Gasteiger charge is 2.42. The van der Waals surface area contributed by atoms with E-state index in [-0.39, 0.29) is 12.5 Å². The molecule has 0 atom stereocenters. The van der Waals surface area contributed by atoms with Crippen LogP contribution in [0.4, 0.5) is 0 Å². The van der Waals surface area contributed by atoms with E-state index in [0.29, 0.717) is 29.0 Å². The normalized spacial score (nSPS) is 17.5. The number of aliphatic hydroxyl groups excluding tert-OH is 1. The third kappa shape index (κ3) is 3.00. The summed E-state index contributed by atoms with van der Waals surface area (Å²) in [6.07, 6.45) is 8.09. The van der Waals surface area contributed by atoms with Crippen LogP contribution in [0.15, 0.2) is 18.5 Å². The van der Waals surface area contributed by atoms with E-state index >= 15 is 0 Å². The predicted molar refractivity (Wildman–Crippen MR) is 74.9 cm³/mol. The van der Waals surface area contributed by atoms with Crippen molar-refractivity contribution < 1.29 is 9.90 Å². The Labute approximate surface area is 118 Å². The molecular weight excluding hydrogens is 252 g/mol. The quantitative estimate of drug-likeness (QED) is 0.812. The standard InChI is InChI=1S/C16H18N2O2/c19-9-1-2-13-10-17-8-7-14(13)16(20)18-15(11-3-4-11)12-5-6-12/h7-8,10-12,15,19H,3-6,9H2,(H,18,20). The molecule has 104 valence electrons. The smallest absolute Gasteiger partial charge is 0.252 e. The van der Waals surface area contributed by atoms with Gasteiger partial charge in [-0.25, -0.2) is 0 Å². The molecule has 2 fully saturated rings. The van der Waals surface area contributed by atoms with E-state index in [0.717, 1.165) is 0 Å². The van der Waals surface area contributed by atoms with Gasteiger partial charge in [0.25, 0.3) is 5.91 Å². The molecule has 2 aliphatic rings. The first-order chi connectivity index (χ1) is 9.79. The maximum atomic E-state index is 12.4. The van der Waals surface area contributed by atoms with Gasteiger partial charge in [0.1, 0.15) is 6.61 Å². The van der Waals surface area contributed by atoms with Crippen LogP contribution >= 0.6 is 0 Å². The largest absolute Gasteiger partial charge is 0.384 e. The van der Waals surface area contributed by atoms with Crippen molar-refractivity contribution in [2.24, 2.45) is 11.8 Å². The first kappa shape index (κ1) is 13.1. The molecule has 1 aromatic heterocycles. The van der Waals surface area contributed by atoms with Gasteiger partial charge >= 0.3 is 0 Å². The zero-order valence-electron chi connectivity index (χ0n) is 11.3. The van der Waals surface area contributed by atoms with Crippen molar-refractivity contribution in [3.8, 4) is 11.8 Å². The van der Waals surface area contributed by atoms with Crippen LogP contribution in [0, 0.1) is 23.7 Å². The molecule has 2 aliphatic carbocycles. The summed E-state index contributed by atoms with van der Waals surface area (Å²) < 4.78 is 0. The van der Waals surface area contributed by atoms with Crippen molar-refractivity contribution >= 4 is 5.91 Å². The van der Waals surface area contributed by atoms with Crippen molar-refractivity contribution in [3.05, 3.63) is 29.6 Å². The second-order valence-corrected chi connectivity index (χ2v) is 5.56. The number of nitrogens with zero attached hydrogens (tertiary/aromatic N) is 1. The van der Waals surface area contributed by atoms with Crippen LogP contribution in [0.25, 0.3) is 0 Å². The first-order valence-corrected chi connectivity index (χ1v) is 7.14. The number of rotatable bonds is 4. The topological polar surface area (TPSA) is 62.2 Å². The average Bonchev–Trinajstić information content (AvgIpc) is 3.35. The Morgan fingerprint density at radius 2 is 2.10 bits per heavy atom. The molecule has 0 saturated heterocycles. The number of carbonyl (C=O) groups is 1. The van der Waals surface area contributed by atoms with Crippen LogP contribution < -0.4 is 5.32 Å². The summed E-state index contributed by atoms with van der Waals surface area (Å²) in [5.41, 5.74) is 1.12. The molecule has 2 N–H and O–H groups in total. The first-order valence-electron chi connectivity index (χ1n) is 7.14. The Morgan fingerprint density at radius 3 is 2.70 bits per heavy atom. The number of aromatic nitrogens is 1. The van der Waals surface area contributed by atoms with Gasteiger partial charge < -0.3 is 10.4 Å². The molecule has 0 unspecified atom stereocenters. The van der Waals surface area contributed by atoms with Crippen molar-refractivity contribution in [1.82, 2.24) is 10.3 Å². The lowest BCUT2D eigenvalue weighted by molar-refractivity contribution is 0.0926. The minimum Gasteiger partial charge on any atom is -0.384 e. The Bertz CT molecular complexity index is 553. The van der Waals surface area contributed by atoms with E-state index in [4.69, 9.17) is 5.11 Å². The second kappa shape index (κ2) is 5.64. The van der Waals surface area contributed by atoms with Gasteiger partial charge in [-0.2, -0.15) is 0 Å². The molecule has 4 heteroatoms. The van der Waals surface area contributed by atoms with Crippen LogP contribution in [0.3, 0.4) is 0 Å². The maximum Gasteiger partial charge on any atom is 0.252 e. The molecule has 0 aromatic carbocycles. The number of amides is 1. The van der Waals surface area contributed by atoms with E-state index in [2.05, 4.69) is 22.1 Å². The minimum absolute atomic E-state index is 0.0709. The monoisotopic (exact) mass is 270 g/mol. The lowest BCUT2D eigenvalue weighted by Crippen LogP contribution is -2.38. The Hall–Kier alpha value is -1.86. The van der Waals surface area contributed by atoms with E-state index < -0.39 is 0 Å². The molecule has 0 aliphatic heterocycles. The summed E-state index contributed by atoms with van der Waals surface area (Å²) in [6.45, 7) is -0.220. The van der Waals surface area contributed by atoms with Gasteiger partial charge in [-0.3, -0.25) is 9.78 Å². The molecule has 1 aromatic rings. The maximum absolute atomic E-state index is 12.4. The van der Waals surface area contributed by atoms with Crippen LogP contribution in [-0.2, 0) is 0 Å². The number of hydrogen-bond acceptors (Lipinski definition) is 3. The van der Waals surface area contributed by atoms with Gasteiger partial charge in [0.2, 0.25) is 0 Å². The summed E-state index contributed by atoms with van der Waals surface area (Å²) in [4.78, 5) is 16.4. The second-order valence-electron chi connectivity index (χ2n) is 5.56. The van der Waals surface area contributed by atoms with Gasteiger partial charge in [0, 0.05) is 18.4 Å². The van der Waals surface area contributed by atoms with E-state index in [1.54, 1.807) is 18.5 Å². The highest BCUT2D eigenvalue weighted by atomic mass is 16.2. The van der Waals surface area contributed by atoms with Gasteiger partial charge in [-0.1, -0.05) is 11.8 Å². The summed E-state index contributed by atoms with van der Waals surface area (Å²) in [5, 5.41) is 11.9. The van der Waals surface area contributed by atoms with Crippen molar-refractivity contribution in [2.45, 2.75) is 31.7 Å². The van der Waals surface area contributed by atoms with Crippen LogP contribution in [0.2, 0.25) is 0 Å². The summed E-state index contributed by atoms with van der Waals surface area (Å²) in [6, 6.07) is 2.02. The Morgan fingerprint density at radius 1 is 1.40 bits per heavy atom. The number of carbonyl (C=O) groups excluding carboxylic acids is 1. The molecule has 1 amide bonds. The third-order valence-electron chi connectivity index (χ3n) is 3.93. The van der Waals surface area contributed by atoms with Crippen molar-refractivity contribution in [1.29, 1.82) is 0 Å². The summed E-state index contributed by atoms with van der Waals surface area (Å²) in [7, 11) is 0. The molecule has 0 spiro atoms. The van der Waals surface area contributed by atoms with E-state index in [9.17, 15) is 4.79 Å². The third-order valence-corrected chi connectivity index (χ3v) is 3.93. The fourth-order valence-electron chi connectivity index (χ4n) is 2.59. The molecule has 0 bridgehead atoms. The lowest BCUT2D eigenvalue weighted by atomic mass is 10.1. The zero-order chi connectivity index (χ0) is 13.9. The van der Waals surface area contributed by atoms with E-state index in [1.807, 2.05) is 0 Å². The minimum atomic E-state index is -0.220. The number of nitrogens with one attached hydrogen (secondary N) is 1. The Balaban J connectivity index is 1.76. The molecule has 4 nitrogen and oxygen atoms in total. The highest BCUT2D eigenvalue weighted by Crippen LogP contribution is 2.44. The van der Waals surface area contributed by atoms with Gasteiger partial charge in [0.05, 0.1) is 11.1 Å². The molecule has 3 rings (SSSR count). The summed E-state index contributed by atoms with van der Waals surface area (Å²) >= 11 is 0. The summed E-state index contributed by atoms with van der Waals surface area (Å²) in [5.74, 6) is 6.62. The van der Waals surface area contributed by atoms with Gasteiger partial charge in [-0.05, 0) is 43.6 Å². The van der Waals surface area contributed by atoms with Crippen LogP contribution in [-0.4, -0.2) is 28.6 Å². The van der Waals surface area contributed by atoms with Gasteiger partial charge in [0.15, 0.2) is 0 Å². The molecule has 20 heavy (non-hydrogen) atoms. The predicted octanol–water partition coefficient (Wildman–Crippen LogP) is 1.34. The average molecular weight is 270 g/mol. The zero-order valence-corrected chi connectivity index (χ0v) is 11.3. The number of pyridine rings is 1. The fraction of sp³-hybridized carbons (Fsp3) is 0.500. The molecule has 1 heterocycles.